The molecule has 0 radical (unpaired) electrons. The van der Waals surface area contributed by atoms with Gasteiger partial charge in [0.05, 0.1) is 10.6 Å². The Kier molecular flexibility index (Phi) is 4.88. The second-order valence-electron chi connectivity index (χ2n) is 5.52. The van der Waals surface area contributed by atoms with E-state index >= 15 is 0 Å². The van der Waals surface area contributed by atoms with Gasteiger partial charge in [-0.25, -0.2) is 13.1 Å². The molecule has 126 valence electrons. The minimum atomic E-state index is -3.67. The number of nitrogens with zero attached hydrogens (tertiary/aromatic N) is 1. The maximum absolute atomic E-state index is 12.5. The average Bonchev–Trinajstić information content (AvgIpc) is 2.69. The molecule has 0 saturated carbocycles. The third-order valence-corrected chi connectivity index (χ3v) is 6.10. The number of pyridine rings is 1. The van der Waals surface area contributed by atoms with Gasteiger partial charge in [-0.15, -0.1) is 11.8 Å². The Morgan fingerprint density at radius 2 is 2.21 bits per heavy atom. The van der Waals surface area contributed by atoms with E-state index in [-0.39, 0.29) is 22.6 Å². The van der Waals surface area contributed by atoms with Crippen LogP contribution in [0.1, 0.15) is 18.9 Å². The van der Waals surface area contributed by atoms with Crippen LogP contribution in [0, 0.1) is 0 Å². The first-order valence-corrected chi connectivity index (χ1v) is 9.79. The van der Waals surface area contributed by atoms with Crippen molar-refractivity contribution in [1.29, 1.82) is 0 Å². The van der Waals surface area contributed by atoms with Crippen LogP contribution in [0.25, 0.3) is 0 Å². The number of sulfonamides is 1. The summed E-state index contributed by atoms with van der Waals surface area (Å²) in [7, 11) is -3.67. The number of carbonyl (C=O) groups excluding carboxylic acids is 1. The van der Waals surface area contributed by atoms with E-state index in [1.54, 1.807) is 48.4 Å². The van der Waals surface area contributed by atoms with Crippen molar-refractivity contribution in [3.05, 3.63) is 48.3 Å². The third kappa shape index (κ3) is 3.95. The molecule has 1 aromatic carbocycles. The van der Waals surface area contributed by atoms with Gasteiger partial charge in [0, 0.05) is 35.5 Å². The van der Waals surface area contributed by atoms with E-state index in [1.165, 1.54) is 6.07 Å². The van der Waals surface area contributed by atoms with E-state index in [2.05, 4.69) is 15.0 Å². The van der Waals surface area contributed by atoms with E-state index < -0.39 is 10.0 Å². The fourth-order valence-electron chi connectivity index (χ4n) is 2.36. The summed E-state index contributed by atoms with van der Waals surface area (Å²) in [5.41, 5.74) is 1.31. The van der Waals surface area contributed by atoms with Crippen LogP contribution in [0.15, 0.2) is 52.5 Å². The van der Waals surface area contributed by atoms with Crippen LogP contribution in [0.4, 0.5) is 5.69 Å². The van der Waals surface area contributed by atoms with Crippen molar-refractivity contribution in [2.24, 2.45) is 0 Å². The molecule has 1 amide bonds. The van der Waals surface area contributed by atoms with E-state index in [0.717, 1.165) is 10.5 Å². The van der Waals surface area contributed by atoms with E-state index in [9.17, 15) is 13.2 Å². The number of carbonyl (C=O) groups is 1. The highest BCUT2D eigenvalue weighted by atomic mass is 32.2. The van der Waals surface area contributed by atoms with Gasteiger partial charge in [-0.3, -0.25) is 9.78 Å². The molecule has 1 aliphatic heterocycles. The van der Waals surface area contributed by atoms with Crippen LogP contribution < -0.4 is 10.0 Å². The normalized spacial score (nSPS) is 17.7. The lowest BCUT2D eigenvalue weighted by atomic mass is 10.3. The highest BCUT2D eigenvalue weighted by Gasteiger charge is 2.22. The molecule has 0 saturated heterocycles. The number of hydrogen-bond acceptors (Lipinski definition) is 5. The predicted molar refractivity (Wildman–Crippen MR) is 93.3 cm³/mol. The Labute approximate surface area is 145 Å². The number of amides is 1. The summed E-state index contributed by atoms with van der Waals surface area (Å²) in [5.74, 6) is -0.105. The zero-order valence-electron chi connectivity index (χ0n) is 13.0. The molecule has 0 aliphatic carbocycles. The van der Waals surface area contributed by atoms with Crippen LogP contribution in [-0.2, 0) is 21.4 Å². The fraction of sp³-hybridized carbons (Fsp3) is 0.250. The largest absolute Gasteiger partial charge is 0.325 e. The second-order valence-corrected chi connectivity index (χ2v) is 8.77. The van der Waals surface area contributed by atoms with Crippen LogP contribution in [0.5, 0.6) is 0 Å². The lowest BCUT2D eigenvalue weighted by Crippen LogP contribution is -2.23. The van der Waals surface area contributed by atoms with Gasteiger partial charge in [0.25, 0.3) is 0 Å². The summed E-state index contributed by atoms with van der Waals surface area (Å²) in [6.07, 6.45) is 3.64. The van der Waals surface area contributed by atoms with Crippen molar-refractivity contribution >= 4 is 33.4 Å². The van der Waals surface area contributed by atoms with Gasteiger partial charge in [-0.05, 0) is 29.8 Å². The average molecular weight is 363 g/mol. The van der Waals surface area contributed by atoms with E-state index in [0.29, 0.717) is 12.1 Å². The van der Waals surface area contributed by atoms with Gasteiger partial charge in [0.1, 0.15) is 0 Å². The Morgan fingerprint density at radius 3 is 2.96 bits per heavy atom. The lowest BCUT2D eigenvalue weighted by molar-refractivity contribution is -0.116. The van der Waals surface area contributed by atoms with Crippen molar-refractivity contribution in [2.75, 3.05) is 5.32 Å². The maximum Gasteiger partial charge on any atom is 0.240 e. The first-order chi connectivity index (χ1) is 11.4. The molecule has 0 bridgehead atoms. The molecule has 2 heterocycles. The fourth-order valence-corrected chi connectivity index (χ4v) is 4.46. The number of benzene rings is 1. The molecule has 1 atom stereocenters. The minimum Gasteiger partial charge on any atom is -0.325 e. The van der Waals surface area contributed by atoms with Crippen molar-refractivity contribution in [3.8, 4) is 0 Å². The second kappa shape index (κ2) is 6.92. The first-order valence-electron chi connectivity index (χ1n) is 7.43. The summed E-state index contributed by atoms with van der Waals surface area (Å²) in [6.45, 7) is 2.13. The molecular formula is C16H17N3O3S2. The minimum absolute atomic E-state index is 0.105. The number of anilines is 1. The molecular weight excluding hydrogens is 346 g/mol. The summed E-state index contributed by atoms with van der Waals surface area (Å²) < 4.78 is 27.5. The number of nitrogens with one attached hydrogen (secondary N) is 2. The summed E-state index contributed by atoms with van der Waals surface area (Å²) in [4.78, 5) is 16.8. The summed E-state index contributed by atoms with van der Waals surface area (Å²) in [5, 5.41) is 2.93. The number of hydrogen-bond donors (Lipinski definition) is 2. The van der Waals surface area contributed by atoms with Gasteiger partial charge in [-0.2, -0.15) is 0 Å². The zero-order valence-corrected chi connectivity index (χ0v) is 14.7. The molecule has 3 rings (SSSR count). The molecule has 0 fully saturated rings. The van der Waals surface area contributed by atoms with Gasteiger partial charge in [-0.1, -0.05) is 13.0 Å². The highest BCUT2D eigenvalue weighted by molar-refractivity contribution is 8.00. The third-order valence-electron chi connectivity index (χ3n) is 3.53. The van der Waals surface area contributed by atoms with Crippen molar-refractivity contribution in [2.45, 2.75) is 34.9 Å². The molecule has 0 spiro atoms. The Morgan fingerprint density at radius 1 is 1.38 bits per heavy atom. The molecule has 6 nitrogen and oxygen atoms in total. The Hall–Kier alpha value is -1.90. The van der Waals surface area contributed by atoms with Crippen molar-refractivity contribution < 1.29 is 13.2 Å². The van der Waals surface area contributed by atoms with Crippen LogP contribution in [0.2, 0.25) is 0 Å². The molecule has 2 N–H and O–H groups in total. The van der Waals surface area contributed by atoms with Crippen LogP contribution in [0.3, 0.4) is 0 Å². The molecule has 2 aromatic rings. The van der Waals surface area contributed by atoms with Crippen molar-refractivity contribution in [1.82, 2.24) is 9.71 Å². The maximum atomic E-state index is 12.5. The zero-order chi connectivity index (χ0) is 17.2. The molecule has 1 aromatic heterocycles. The van der Waals surface area contributed by atoms with Gasteiger partial charge >= 0.3 is 0 Å². The SMILES string of the molecule is C[C@H]1CC(=O)Nc2cc(S(=O)(=O)NCc3cccnc3)ccc2S1. The van der Waals surface area contributed by atoms with E-state index in [4.69, 9.17) is 0 Å². The molecule has 8 heteroatoms. The molecule has 1 aliphatic rings. The standard InChI is InChI=1S/C16H17N3O3S2/c1-11-7-16(20)19-14-8-13(4-5-15(14)23-11)24(21,22)18-10-12-3-2-6-17-9-12/h2-6,8-9,11,18H,7,10H2,1H3,(H,19,20)/t11-/m0/s1. The van der Waals surface area contributed by atoms with E-state index in [1.807, 2.05) is 6.92 Å². The van der Waals surface area contributed by atoms with Gasteiger partial charge in [0.15, 0.2) is 0 Å². The Bertz CT molecular complexity index is 854. The first kappa shape index (κ1) is 16.9. The highest BCUT2D eigenvalue weighted by Crippen LogP contribution is 2.36. The van der Waals surface area contributed by atoms with Crippen molar-refractivity contribution in [3.63, 3.8) is 0 Å². The van der Waals surface area contributed by atoms with Crippen LogP contribution in [-0.4, -0.2) is 24.6 Å². The summed E-state index contributed by atoms with van der Waals surface area (Å²) >= 11 is 1.56. The monoisotopic (exact) mass is 363 g/mol. The topological polar surface area (TPSA) is 88.2 Å². The summed E-state index contributed by atoms with van der Waals surface area (Å²) in [6, 6.07) is 8.34. The molecule has 24 heavy (non-hydrogen) atoms. The molecule has 0 unspecified atom stereocenters. The number of rotatable bonds is 4. The number of aromatic nitrogens is 1. The van der Waals surface area contributed by atoms with Crippen LogP contribution >= 0.6 is 11.8 Å². The lowest BCUT2D eigenvalue weighted by Gasteiger charge is -2.11. The quantitative estimate of drug-likeness (QED) is 0.871. The Balaban J connectivity index is 1.82. The van der Waals surface area contributed by atoms with Gasteiger partial charge in [0.2, 0.25) is 15.9 Å². The predicted octanol–water partition coefficient (Wildman–Crippen LogP) is 2.38. The van der Waals surface area contributed by atoms with Gasteiger partial charge < -0.3 is 5.32 Å². The smallest absolute Gasteiger partial charge is 0.240 e. The number of fused-ring (bicyclic) bond motifs is 1. The number of thioether (sulfide) groups is 1.